The Morgan fingerprint density at radius 1 is 1.50 bits per heavy atom. The molecule has 0 aromatic heterocycles. The summed E-state index contributed by atoms with van der Waals surface area (Å²) in [6.45, 7) is 1.64. The molecule has 0 heterocycles. The van der Waals surface area contributed by atoms with Crippen molar-refractivity contribution in [1.82, 2.24) is 5.32 Å². The third kappa shape index (κ3) is 3.86. The average molecular weight is 279 g/mol. The Hall–Kier alpha value is -0.250. The third-order valence-corrected chi connectivity index (χ3v) is 2.51. The van der Waals surface area contributed by atoms with E-state index < -0.39 is 0 Å². The zero-order valence-electron chi connectivity index (χ0n) is 8.02. The zero-order chi connectivity index (χ0) is 10.4. The molecule has 14 heavy (non-hydrogen) atoms. The fourth-order valence-electron chi connectivity index (χ4n) is 1.02. The van der Waals surface area contributed by atoms with Gasteiger partial charge in [-0.15, -0.1) is 0 Å². The van der Waals surface area contributed by atoms with Gasteiger partial charge in [-0.2, -0.15) is 0 Å². The van der Waals surface area contributed by atoms with Crippen LogP contribution in [0.3, 0.4) is 0 Å². The van der Waals surface area contributed by atoms with Gasteiger partial charge in [0.05, 0.1) is 11.6 Å². The lowest BCUT2D eigenvalue weighted by Crippen LogP contribution is -2.11. The minimum absolute atomic E-state index is 0.642. The predicted octanol–water partition coefficient (Wildman–Crippen LogP) is 3.09. The molecule has 1 aromatic carbocycles. The Bertz CT molecular complexity index is 293. The van der Waals surface area contributed by atoms with Crippen molar-refractivity contribution in [2.45, 2.75) is 6.42 Å². The monoisotopic (exact) mass is 277 g/mol. The van der Waals surface area contributed by atoms with E-state index >= 15 is 0 Å². The maximum Gasteiger partial charge on any atom is 0.137 e. The molecule has 0 aliphatic carbocycles. The van der Waals surface area contributed by atoms with Crippen molar-refractivity contribution in [2.75, 3.05) is 20.2 Å². The number of rotatable bonds is 5. The molecule has 0 unspecified atom stereocenters. The summed E-state index contributed by atoms with van der Waals surface area (Å²) in [6.07, 6.45) is 0.975. The minimum atomic E-state index is 0.642. The molecule has 2 nitrogen and oxygen atoms in total. The molecule has 78 valence electrons. The van der Waals surface area contributed by atoms with E-state index in [0.717, 1.165) is 23.2 Å². The Labute approximate surface area is 97.7 Å². The van der Waals surface area contributed by atoms with Crippen LogP contribution in [0.5, 0.6) is 5.75 Å². The molecule has 1 N–H and O–H groups in total. The fraction of sp³-hybridized carbons (Fsp3) is 0.400. The normalized spacial score (nSPS) is 10.2. The summed E-state index contributed by atoms with van der Waals surface area (Å²) in [4.78, 5) is 0. The molecular weight excluding hydrogens is 265 g/mol. The second-order valence-electron chi connectivity index (χ2n) is 2.88. The van der Waals surface area contributed by atoms with Crippen molar-refractivity contribution in [3.8, 4) is 5.75 Å². The van der Waals surface area contributed by atoms with E-state index in [4.69, 9.17) is 16.3 Å². The van der Waals surface area contributed by atoms with Crippen molar-refractivity contribution >= 4 is 27.5 Å². The van der Waals surface area contributed by atoms with E-state index in [1.165, 1.54) is 0 Å². The van der Waals surface area contributed by atoms with Crippen LogP contribution in [0.4, 0.5) is 0 Å². The Balaban J connectivity index is 2.42. The number of nitrogens with one attached hydrogen (secondary N) is 1. The van der Waals surface area contributed by atoms with Gasteiger partial charge in [0.2, 0.25) is 0 Å². The summed E-state index contributed by atoms with van der Waals surface area (Å²) in [5.41, 5.74) is 0. The molecule has 0 atom stereocenters. The minimum Gasteiger partial charge on any atom is -0.492 e. The lowest BCUT2D eigenvalue weighted by atomic mass is 10.3. The van der Waals surface area contributed by atoms with Crippen molar-refractivity contribution in [3.05, 3.63) is 27.7 Å². The summed E-state index contributed by atoms with van der Waals surface area (Å²) in [5.74, 6) is 0.742. The molecule has 1 aromatic rings. The first-order valence-corrected chi connectivity index (χ1v) is 5.63. The number of hydrogen-bond acceptors (Lipinski definition) is 2. The molecule has 4 heteroatoms. The van der Waals surface area contributed by atoms with Gasteiger partial charge in [0.25, 0.3) is 0 Å². The highest BCUT2D eigenvalue weighted by atomic mass is 79.9. The van der Waals surface area contributed by atoms with Gasteiger partial charge in [0, 0.05) is 4.47 Å². The average Bonchev–Trinajstić information content (AvgIpc) is 2.15. The number of ether oxygens (including phenoxy) is 1. The van der Waals surface area contributed by atoms with Crippen LogP contribution in [-0.2, 0) is 0 Å². The smallest absolute Gasteiger partial charge is 0.137 e. The quantitative estimate of drug-likeness (QED) is 0.836. The van der Waals surface area contributed by atoms with Crippen LogP contribution >= 0.6 is 27.5 Å². The van der Waals surface area contributed by atoms with Gasteiger partial charge in [0.1, 0.15) is 5.75 Å². The largest absolute Gasteiger partial charge is 0.492 e. The number of hydrogen-bond donors (Lipinski definition) is 1. The van der Waals surface area contributed by atoms with Crippen LogP contribution in [-0.4, -0.2) is 20.2 Å². The first kappa shape index (κ1) is 11.8. The maximum atomic E-state index is 5.97. The van der Waals surface area contributed by atoms with Crippen molar-refractivity contribution < 1.29 is 4.74 Å². The van der Waals surface area contributed by atoms with Crippen molar-refractivity contribution in [1.29, 1.82) is 0 Å². The van der Waals surface area contributed by atoms with Crippen LogP contribution in [0, 0.1) is 0 Å². The first-order valence-electron chi connectivity index (χ1n) is 4.46. The van der Waals surface area contributed by atoms with Gasteiger partial charge in [-0.05, 0) is 38.2 Å². The van der Waals surface area contributed by atoms with Crippen LogP contribution < -0.4 is 10.1 Å². The second-order valence-corrected chi connectivity index (χ2v) is 4.20. The van der Waals surface area contributed by atoms with Gasteiger partial charge in [-0.1, -0.05) is 27.5 Å². The molecule has 0 fully saturated rings. The summed E-state index contributed by atoms with van der Waals surface area (Å²) in [7, 11) is 1.92. The molecule has 1 rings (SSSR count). The van der Waals surface area contributed by atoms with Gasteiger partial charge < -0.3 is 10.1 Å². The number of halogens is 2. The fourth-order valence-corrected chi connectivity index (χ4v) is 1.75. The summed E-state index contributed by atoms with van der Waals surface area (Å²) in [5, 5.41) is 3.70. The molecule has 0 bridgehead atoms. The van der Waals surface area contributed by atoms with Gasteiger partial charge in [0.15, 0.2) is 0 Å². The van der Waals surface area contributed by atoms with Crippen molar-refractivity contribution in [3.63, 3.8) is 0 Å². The van der Waals surface area contributed by atoms with Crippen LogP contribution in [0.1, 0.15) is 6.42 Å². The lowest BCUT2D eigenvalue weighted by Gasteiger charge is -2.07. The molecule has 0 saturated heterocycles. The van der Waals surface area contributed by atoms with Crippen LogP contribution in [0.2, 0.25) is 5.02 Å². The number of benzene rings is 1. The Kier molecular flexibility index (Phi) is 5.30. The van der Waals surface area contributed by atoms with E-state index in [-0.39, 0.29) is 0 Å². The van der Waals surface area contributed by atoms with E-state index in [1.54, 1.807) is 0 Å². The topological polar surface area (TPSA) is 21.3 Å². The highest BCUT2D eigenvalue weighted by molar-refractivity contribution is 9.10. The maximum absolute atomic E-state index is 5.97. The Morgan fingerprint density at radius 2 is 2.29 bits per heavy atom. The van der Waals surface area contributed by atoms with Crippen LogP contribution in [0.15, 0.2) is 22.7 Å². The highest BCUT2D eigenvalue weighted by Gasteiger charge is 2.00. The van der Waals surface area contributed by atoms with Gasteiger partial charge in [-0.25, -0.2) is 0 Å². The predicted molar refractivity (Wildman–Crippen MR) is 63.2 cm³/mol. The van der Waals surface area contributed by atoms with E-state index in [9.17, 15) is 0 Å². The Morgan fingerprint density at radius 3 is 2.93 bits per heavy atom. The molecule has 0 saturated carbocycles. The van der Waals surface area contributed by atoms with E-state index in [2.05, 4.69) is 21.2 Å². The van der Waals surface area contributed by atoms with Crippen LogP contribution in [0.25, 0.3) is 0 Å². The standard InChI is InChI=1S/C10H13BrClNO/c1-13-5-2-6-14-10-4-3-8(11)7-9(10)12/h3-4,7,13H,2,5-6H2,1H3. The van der Waals surface area contributed by atoms with E-state index in [0.29, 0.717) is 11.6 Å². The molecule has 0 radical (unpaired) electrons. The van der Waals surface area contributed by atoms with E-state index in [1.807, 2.05) is 25.2 Å². The third-order valence-electron chi connectivity index (χ3n) is 1.72. The lowest BCUT2D eigenvalue weighted by molar-refractivity contribution is 0.310. The zero-order valence-corrected chi connectivity index (χ0v) is 10.4. The highest BCUT2D eigenvalue weighted by Crippen LogP contribution is 2.27. The van der Waals surface area contributed by atoms with Crippen molar-refractivity contribution in [2.24, 2.45) is 0 Å². The second kappa shape index (κ2) is 6.27. The molecule has 0 aliphatic heterocycles. The molecule has 0 spiro atoms. The summed E-state index contributed by atoms with van der Waals surface area (Å²) in [6, 6.07) is 5.61. The van der Waals surface area contributed by atoms with Gasteiger partial charge in [-0.3, -0.25) is 0 Å². The molecule has 0 amide bonds. The first-order chi connectivity index (χ1) is 6.74. The molecular formula is C10H13BrClNO. The SMILES string of the molecule is CNCCCOc1ccc(Br)cc1Cl. The summed E-state index contributed by atoms with van der Waals surface area (Å²) < 4.78 is 6.46. The van der Waals surface area contributed by atoms with Gasteiger partial charge >= 0.3 is 0 Å². The molecule has 0 aliphatic rings. The summed E-state index contributed by atoms with van der Waals surface area (Å²) >= 11 is 9.31.